The molecule has 1 heterocycles. The van der Waals surface area contributed by atoms with Crippen molar-refractivity contribution in [3.8, 4) is 5.75 Å². The average molecular weight is 398 g/mol. The molecule has 0 radical (unpaired) electrons. The summed E-state index contributed by atoms with van der Waals surface area (Å²) in [6, 6.07) is 9.66. The molecule has 5 amide bonds. The van der Waals surface area contributed by atoms with Gasteiger partial charge in [0.15, 0.2) is 5.92 Å². The lowest BCUT2D eigenvalue weighted by molar-refractivity contribution is -0.384. The SMILES string of the molecule is COc1ccc(NC(=O)C2C(=O)NC(=O)N(c3ccc([N+](=O)[O-])cc3)C2=O)cc1. The number of anilines is 2. The molecule has 0 aliphatic carbocycles. The Labute approximate surface area is 163 Å². The van der Waals surface area contributed by atoms with Crippen molar-refractivity contribution in [1.29, 1.82) is 0 Å². The molecule has 3 rings (SSSR count). The lowest BCUT2D eigenvalue weighted by atomic mass is 10.0. The van der Waals surface area contributed by atoms with Gasteiger partial charge in [-0.15, -0.1) is 0 Å². The Morgan fingerprint density at radius 2 is 1.72 bits per heavy atom. The van der Waals surface area contributed by atoms with Crippen molar-refractivity contribution in [2.75, 3.05) is 17.3 Å². The van der Waals surface area contributed by atoms with Crippen LogP contribution in [0.2, 0.25) is 0 Å². The second kappa shape index (κ2) is 7.76. The number of amides is 5. The third-order valence-corrected chi connectivity index (χ3v) is 4.10. The highest BCUT2D eigenvalue weighted by Crippen LogP contribution is 2.24. The van der Waals surface area contributed by atoms with Crippen molar-refractivity contribution in [2.24, 2.45) is 5.92 Å². The topological polar surface area (TPSA) is 148 Å². The van der Waals surface area contributed by atoms with E-state index in [0.29, 0.717) is 16.3 Å². The first-order valence-electron chi connectivity index (χ1n) is 8.20. The minimum Gasteiger partial charge on any atom is -0.497 e. The number of nitro groups is 1. The number of methoxy groups -OCH3 is 1. The molecule has 1 saturated heterocycles. The van der Waals surface area contributed by atoms with Gasteiger partial charge in [-0.25, -0.2) is 9.69 Å². The van der Waals surface area contributed by atoms with E-state index in [1.807, 2.05) is 5.32 Å². The Morgan fingerprint density at radius 3 is 2.28 bits per heavy atom. The van der Waals surface area contributed by atoms with Gasteiger partial charge in [0.05, 0.1) is 17.7 Å². The van der Waals surface area contributed by atoms with Crippen LogP contribution in [0, 0.1) is 16.0 Å². The van der Waals surface area contributed by atoms with E-state index in [4.69, 9.17) is 4.74 Å². The minimum absolute atomic E-state index is 0.0205. The van der Waals surface area contributed by atoms with Gasteiger partial charge in [0, 0.05) is 17.8 Å². The molecule has 0 bridgehead atoms. The fourth-order valence-electron chi connectivity index (χ4n) is 2.66. The molecule has 1 aliphatic rings. The van der Waals surface area contributed by atoms with E-state index in [9.17, 15) is 29.3 Å². The second-order valence-electron chi connectivity index (χ2n) is 5.89. The number of barbiturate groups is 1. The molecular weight excluding hydrogens is 384 g/mol. The van der Waals surface area contributed by atoms with Crippen molar-refractivity contribution in [2.45, 2.75) is 0 Å². The molecule has 2 aromatic rings. The summed E-state index contributed by atoms with van der Waals surface area (Å²) in [5.41, 5.74) is 0.0477. The monoisotopic (exact) mass is 398 g/mol. The summed E-state index contributed by atoms with van der Waals surface area (Å²) in [5.74, 6) is -4.34. The van der Waals surface area contributed by atoms with Gasteiger partial charge in [-0.05, 0) is 36.4 Å². The van der Waals surface area contributed by atoms with Crippen LogP contribution in [0.4, 0.5) is 21.9 Å². The number of ether oxygens (including phenoxy) is 1. The minimum atomic E-state index is -1.81. The van der Waals surface area contributed by atoms with Gasteiger partial charge in [-0.1, -0.05) is 0 Å². The fraction of sp³-hybridized carbons (Fsp3) is 0.111. The van der Waals surface area contributed by atoms with Gasteiger partial charge in [0.2, 0.25) is 11.8 Å². The number of benzene rings is 2. The lowest BCUT2D eigenvalue weighted by Crippen LogP contribution is -2.61. The molecule has 11 heteroatoms. The molecule has 0 spiro atoms. The average Bonchev–Trinajstić information content (AvgIpc) is 2.68. The van der Waals surface area contributed by atoms with Crippen LogP contribution in [0.5, 0.6) is 5.75 Å². The maximum Gasteiger partial charge on any atom is 0.335 e. The number of carbonyl (C=O) groups is 4. The summed E-state index contributed by atoms with van der Waals surface area (Å²) < 4.78 is 5.01. The summed E-state index contributed by atoms with van der Waals surface area (Å²) >= 11 is 0. The van der Waals surface area contributed by atoms with E-state index >= 15 is 0 Å². The predicted octanol–water partition coefficient (Wildman–Crippen LogP) is 1.44. The molecule has 2 N–H and O–H groups in total. The Hall–Kier alpha value is -4.28. The second-order valence-corrected chi connectivity index (χ2v) is 5.89. The third kappa shape index (κ3) is 3.88. The highest BCUT2D eigenvalue weighted by atomic mass is 16.6. The zero-order valence-corrected chi connectivity index (χ0v) is 14.9. The van der Waals surface area contributed by atoms with Crippen LogP contribution in [-0.4, -0.2) is 35.8 Å². The van der Waals surface area contributed by atoms with Crippen LogP contribution in [-0.2, 0) is 14.4 Å². The Morgan fingerprint density at radius 1 is 1.10 bits per heavy atom. The fourth-order valence-corrected chi connectivity index (χ4v) is 2.66. The van der Waals surface area contributed by atoms with Crippen LogP contribution in [0.3, 0.4) is 0 Å². The van der Waals surface area contributed by atoms with E-state index in [2.05, 4.69) is 5.32 Å². The highest BCUT2D eigenvalue weighted by Gasteiger charge is 2.45. The molecule has 29 heavy (non-hydrogen) atoms. The first-order valence-corrected chi connectivity index (χ1v) is 8.20. The van der Waals surface area contributed by atoms with Gasteiger partial charge in [-0.3, -0.25) is 29.8 Å². The van der Waals surface area contributed by atoms with E-state index in [0.717, 1.165) is 12.1 Å². The Bertz CT molecular complexity index is 1000. The Kier molecular flexibility index (Phi) is 5.21. The zero-order valence-electron chi connectivity index (χ0n) is 14.9. The summed E-state index contributed by atoms with van der Waals surface area (Å²) in [6.45, 7) is 0. The van der Waals surface area contributed by atoms with Crippen LogP contribution in [0.1, 0.15) is 0 Å². The van der Waals surface area contributed by atoms with E-state index < -0.39 is 34.6 Å². The normalized spacial score (nSPS) is 16.2. The zero-order chi connectivity index (χ0) is 21.1. The standard InChI is InChI=1S/C18H14N4O7/c1-29-13-8-2-10(3-9-13)19-15(23)14-16(24)20-18(26)21(17(14)25)11-4-6-12(7-5-11)22(27)28/h2-9,14H,1H3,(H,19,23)(H,20,24,26). The highest BCUT2D eigenvalue weighted by molar-refractivity contribution is 6.35. The van der Waals surface area contributed by atoms with Crippen molar-refractivity contribution in [3.05, 3.63) is 58.6 Å². The van der Waals surface area contributed by atoms with Gasteiger partial charge in [0.25, 0.3) is 11.6 Å². The van der Waals surface area contributed by atoms with Gasteiger partial charge in [0.1, 0.15) is 5.75 Å². The smallest absolute Gasteiger partial charge is 0.335 e. The van der Waals surface area contributed by atoms with Crippen LogP contribution in [0.25, 0.3) is 0 Å². The summed E-state index contributed by atoms with van der Waals surface area (Å²) in [6.07, 6.45) is 0. The molecule has 11 nitrogen and oxygen atoms in total. The molecule has 1 fully saturated rings. The third-order valence-electron chi connectivity index (χ3n) is 4.10. The van der Waals surface area contributed by atoms with Gasteiger partial charge >= 0.3 is 6.03 Å². The lowest BCUT2D eigenvalue weighted by Gasteiger charge is -2.29. The molecule has 0 aromatic heterocycles. The van der Waals surface area contributed by atoms with Crippen LogP contribution < -0.4 is 20.3 Å². The van der Waals surface area contributed by atoms with E-state index in [1.54, 1.807) is 12.1 Å². The van der Waals surface area contributed by atoms with E-state index in [-0.39, 0.29) is 11.4 Å². The molecule has 1 aliphatic heterocycles. The number of rotatable bonds is 5. The molecule has 2 aromatic carbocycles. The summed E-state index contributed by atoms with van der Waals surface area (Å²) in [4.78, 5) is 60.2. The number of carbonyl (C=O) groups excluding carboxylic acids is 4. The number of urea groups is 1. The van der Waals surface area contributed by atoms with Crippen LogP contribution >= 0.6 is 0 Å². The van der Waals surface area contributed by atoms with Crippen molar-refractivity contribution in [1.82, 2.24) is 5.32 Å². The number of non-ortho nitro benzene ring substituents is 1. The van der Waals surface area contributed by atoms with Crippen molar-refractivity contribution in [3.63, 3.8) is 0 Å². The maximum absolute atomic E-state index is 12.7. The van der Waals surface area contributed by atoms with Gasteiger partial charge < -0.3 is 10.1 Å². The molecule has 1 unspecified atom stereocenters. The predicted molar refractivity (Wildman–Crippen MR) is 99.2 cm³/mol. The first kappa shape index (κ1) is 19.5. The number of nitro benzene ring substituents is 1. The Balaban J connectivity index is 1.83. The summed E-state index contributed by atoms with van der Waals surface area (Å²) in [7, 11) is 1.47. The first-order chi connectivity index (χ1) is 13.8. The van der Waals surface area contributed by atoms with Crippen LogP contribution in [0.15, 0.2) is 48.5 Å². The molecular formula is C18H14N4O7. The van der Waals surface area contributed by atoms with E-state index in [1.165, 1.54) is 31.4 Å². The number of imide groups is 2. The number of hydrogen-bond donors (Lipinski definition) is 2. The molecule has 1 atom stereocenters. The van der Waals surface area contributed by atoms with Crippen molar-refractivity contribution >= 4 is 40.8 Å². The molecule has 0 saturated carbocycles. The number of nitrogens with zero attached hydrogens (tertiary/aromatic N) is 2. The maximum atomic E-state index is 12.7. The number of nitrogens with one attached hydrogen (secondary N) is 2. The van der Waals surface area contributed by atoms with Crippen molar-refractivity contribution < 1.29 is 28.8 Å². The summed E-state index contributed by atoms with van der Waals surface area (Å²) in [5, 5.41) is 15.1. The quantitative estimate of drug-likeness (QED) is 0.440. The number of hydrogen-bond acceptors (Lipinski definition) is 7. The largest absolute Gasteiger partial charge is 0.497 e. The molecule has 148 valence electrons. The van der Waals surface area contributed by atoms with Gasteiger partial charge in [-0.2, -0.15) is 0 Å².